The molecule has 0 fully saturated rings. The Labute approximate surface area is 138 Å². The quantitative estimate of drug-likeness (QED) is 0.601. The molecule has 0 amide bonds. The molecule has 0 saturated carbocycles. The van der Waals surface area contributed by atoms with Crippen molar-refractivity contribution < 1.29 is 9.15 Å². The second-order valence-corrected chi connectivity index (χ2v) is 5.11. The summed E-state index contributed by atoms with van der Waals surface area (Å²) in [4.78, 5) is 4.35. The molecule has 0 saturated heterocycles. The fourth-order valence-electron chi connectivity index (χ4n) is 2.34. The molecule has 1 N–H and O–H groups in total. The fourth-order valence-corrected chi connectivity index (χ4v) is 2.34. The van der Waals surface area contributed by atoms with E-state index >= 15 is 0 Å². The Kier molecular flexibility index (Phi) is 3.77. The zero-order valence-electron chi connectivity index (χ0n) is 12.7. The Bertz CT molecular complexity index is 948. The van der Waals surface area contributed by atoms with E-state index in [4.69, 9.17) is 9.15 Å². The van der Waals surface area contributed by atoms with Gasteiger partial charge in [0.1, 0.15) is 11.3 Å². The van der Waals surface area contributed by atoms with Crippen LogP contribution in [0.4, 0.5) is 11.7 Å². The molecule has 4 rings (SSSR count). The lowest BCUT2D eigenvalue weighted by Gasteiger charge is -2.06. The summed E-state index contributed by atoms with van der Waals surface area (Å²) in [6, 6.07) is 19.6. The van der Waals surface area contributed by atoms with Crippen molar-refractivity contribution in [2.24, 2.45) is 0 Å². The van der Waals surface area contributed by atoms with Crippen molar-refractivity contribution in [3.8, 4) is 5.75 Å². The highest BCUT2D eigenvalue weighted by Crippen LogP contribution is 2.24. The van der Waals surface area contributed by atoms with Crippen LogP contribution >= 0.6 is 0 Å². The minimum atomic E-state index is 0.180. The number of fused-ring (bicyclic) bond motifs is 1. The number of nitrogens with one attached hydrogen (secondary N) is 1. The first-order valence-corrected chi connectivity index (χ1v) is 7.49. The standard InChI is InChI=1S/C18H14N4O2/c1-2-8-14(9-3-1)20-18-22-21-16(24-18)12-23-15-10-4-6-13-7-5-11-19-17(13)15/h1-11H,12H2,(H,20,22). The number of para-hydroxylation sites is 2. The van der Waals surface area contributed by atoms with Crippen molar-refractivity contribution in [1.82, 2.24) is 15.2 Å². The van der Waals surface area contributed by atoms with Gasteiger partial charge < -0.3 is 14.5 Å². The molecule has 0 aliphatic carbocycles. The van der Waals surface area contributed by atoms with Crippen molar-refractivity contribution in [3.63, 3.8) is 0 Å². The summed E-state index contributed by atoms with van der Waals surface area (Å²) in [5.74, 6) is 1.07. The number of ether oxygens (including phenoxy) is 1. The first kappa shape index (κ1) is 14.2. The van der Waals surface area contributed by atoms with E-state index in [1.165, 1.54) is 0 Å². The number of anilines is 2. The third-order valence-corrected chi connectivity index (χ3v) is 3.44. The first-order valence-electron chi connectivity index (χ1n) is 7.49. The first-order chi connectivity index (χ1) is 11.9. The van der Waals surface area contributed by atoms with E-state index < -0.39 is 0 Å². The molecule has 24 heavy (non-hydrogen) atoms. The lowest BCUT2D eigenvalue weighted by molar-refractivity contribution is 0.267. The van der Waals surface area contributed by atoms with E-state index in [0.717, 1.165) is 16.6 Å². The maximum Gasteiger partial charge on any atom is 0.320 e. The zero-order valence-corrected chi connectivity index (χ0v) is 12.7. The molecule has 0 aliphatic heterocycles. The van der Waals surface area contributed by atoms with Gasteiger partial charge >= 0.3 is 6.01 Å². The largest absolute Gasteiger partial charge is 0.482 e. The van der Waals surface area contributed by atoms with E-state index in [2.05, 4.69) is 20.5 Å². The average molecular weight is 318 g/mol. The summed E-state index contributed by atoms with van der Waals surface area (Å²) in [6.07, 6.45) is 1.74. The SMILES string of the molecule is c1ccc(Nc2nnc(COc3cccc4cccnc34)o2)cc1. The number of aromatic nitrogens is 3. The van der Waals surface area contributed by atoms with Crippen LogP contribution in [0.5, 0.6) is 5.75 Å². The van der Waals surface area contributed by atoms with Gasteiger partial charge in [0.15, 0.2) is 6.61 Å². The summed E-state index contributed by atoms with van der Waals surface area (Å²) < 4.78 is 11.3. The molecule has 6 heteroatoms. The minimum Gasteiger partial charge on any atom is -0.482 e. The monoisotopic (exact) mass is 318 g/mol. The topological polar surface area (TPSA) is 73.1 Å². The van der Waals surface area contributed by atoms with Crippen LogP contribution in [-0.4, -0.2) is 15.2 Å². The Balaban J connectivity index is 1.46. The molecular formula is C18H14N4O2. The normalized spacial score (nSPS) is 10.7. The van der Waals surface area contributed by atoms with Crippen LogP contribution in [0.2, 0.25) is 0 Å². The molecule has 0 unspecified atom stereocenters. The van der Waals surface area contributed by atoms with E-state index in [0.29, 0.717) is 17.7 Å². The van der Waals surface area contributed by atoms with Crippen molar-refractivity contribution in [1.29, 1.82) is 0 Å². The van der Waals surface area contributed by atoms with Crippen LogP contribution in [-0.2, 0) is 6.61 Å². The van der Waals surface area contributed by atoms with E-state index in [1.807, 2.05) is 60.7 Å². The predicted molar refractivity (Wildman–Crippen MR) is 90.1 cm³/mol. The number of pyridine rings is 1. The third-order valence-electron chi connectivity index (χ3n) is 3.44. The number of rotatable bonds is 5. The number of hydrogen-bond donors (Lipinski definition) is 1. The molecule has 6 nitrogen and oxygen atoms in total. The Hall–Kier alpha value is -3.41. The maximum absolute atomic E-state index is 5.78. The van der Waals surface area contributed by atoms with Gasteiger partial charge in [-0.3, -0.25) is 4.98 Å². The third kappa shape index (κ3) is 3.03. The van der Waals surface area contributed by atoms with Crippen LogP contribution in [0.3, 0.4) is 0 Å². The van der Waals surface area contributed by atoms with Gasteiger partial charge in [0.2, 0.25) is 0 Å². The second-order valence-electron chi connectivity index (χ2n) is 5.11. The van der Waals surface area contributed by atoms with Crippen LogP contribution in [0.25, 0.3) is 10.9 Å². The van der Waals surface area contributed by atoms with Crippen LogP contribution < -0.4 is 10.1 Å². The highest BCUT2D eigenvalue weighted by molar-refractivity contribution is 5.84. The van der Waals surface area contributed by atoms with Gasteiger partial charge in [-0.2, -0.15) is 0 Å². The van der Waals surface area contributed by atoms with Gasteiger partial charge in [-0.05, 0) is 24.3 Å². The number of benzene rings is 2. The number of hydrogen-bond acceptors (Lipinski definition) is 6. The fraction of sp³-hybridized carbons (Fsp3) is 0.0556. The highest BCUT2D eigenvalue weighted by Gasteiger charge is 2.09. The lowest BCUT2D eigenvalue weighted by Crippen LogP contribution is -1.97. The Morgan fingerprint density at radius 2 is 1.79 bits per heavy atom. The van der Waals surface area contributed by atoms with Gasteiger partial charge in [-0.25, -0.2) is 0 Å². The van der Waals surface area contributed by atoms with E-state index in [9.17, 15) is 0 Å². The molecule has 0 bridgehead atoms. The molecule has 4 aromatic rings. The molecule has 0 spiro atoms. The van der Waals surface area contributed by atoms with Gasteiger partial charge in [-0.15, -0.1) is 5.10 Å². The molecule has 2 aromatic heterocycles. The number of nitrogens with zero attached hydrogens (tertiary/aromatic N) is 3. The lowest BCUT2D eigenvalue weighted by atomic mass is 10.2. The Morgan fingerprint density at radius 3 is 2.71 bits per heavy atom. The maximum atomic E-state index is 5.78. The summed E-state index contributed by atoms with van der Waals surface area (Å²) in [6.45, 7) is 0.180. The molecule has 118 valence electrons. The van der Waals surface area contributed by atoms with Gasteiger partial charge in [0.05, 0.1) is 0 Å². The second kappa shape index (κ2) is 6.37. The van der Waals surface area contributed by atoms with Gasteiger partial charge in [0.25, 0.3) is 5.89 Å². The van der Waals surface area contributed by atoms with Crippen molar-refractivity contribution in [3.05, 3.63) is 72.8 Å². The summed E-state index contributed by atoms with van der Waals surface area (Å²) in [7, 11) is 0. The zero-order chi connectivity index (χ0) is 16.2. The average Bonchev–Trinajstić information content (AvgIpc) is 3.08. The van der Waals surface area contributed by atoms with Crippen LogP contribution in [0.15, 0.2) is 71.3 Å². The van der Waals surface area contributed by atoms with E-state index in [-0.39, 0.29) is 6.61 Å². The van der Waals surface area contributed by atoms with E-state index in [1.54, 1.807) is 6.20 Å². The molecule has 0 aliphatic rings. The molecule has 2 aromatic carbocycles. The predicted octanol–water partition coefficient (Wildman–Crippen LogP) is 3.94. The van der Waals surface area contributed by atoms with Crippen LogP contribution in [0.1, 0.15) is 5.89 Å². The van der Waals surface area contributed by atoms with Crippen molar-refractivity contribution >= 4 is 22.6 Å². The van der Waals surface area contributed by atoms with Gasteiger partial charge in [0, 0.05) is 17.3 Å². The van der Waals surface area contributed by atoms with Crippen molar-refractivity contribution in [2.45, 2.75) is 6.61 Å². The molecule has 0 radical (unpaired) electrons. The highest BCUT2D eigenvalue weighted by atomic mass is 16.5. The molecular weight excluding hydrogens is 304 g/mol. The smallest absolute Gasteiger partial charge is 0.320 e. The summed E-state index contributed by atoms with van der Waals surface area (Å²) in [5, 5.41) is 12.0. The molecule has 0 atom stereocenters. The van der Waals surface area contributed by atoms with Crippen LogP contribution in [0, 0.1) is 0 Å². The van der Waals surface area contributed by atoms with Gasteiger partial charge in [-0.1, -0.05) is 41.5 Å². The summed E-state index contributed by atoms with van der Waals surface area (Å²) >= 11 is 0. The summed E-state index contributed by atoms with van der Waals surface area (Å²) in [5.41, 5.74) is 1.69. The Morgan fingerprint density at radius 1 is 0.917 bits per heavy atom. The molecule has 2 heterocycles. The minimum absolute atomic E-state index is 0.180. The van der Waals surface area contributed by atoms with Crippen molar-refractivity contribution in [2.75, 3.05) is 5.32 Å².